The van der Waals surface area contributed by atoms with E-state index < -0.39 is 8.32 Å². The fraction of sp³-hybridized carbons (Fsp3) is 0.429. The first-order valence-corrected chi connectivity index (χ1v) is 13.2. The van der Waals surface area contributed by atoms with Crippen molar-refractivity contribution in [3.05, 3.63) is 72.8 Å². The Labute approximate surface area is 185 Å². The van der Waals surface area contributed by atoms with E-state index in [0.29, 0.717) is 6.61 Å². The van der Waals surface area contributed by atoms with E-state index >= 15 is 0 Å². The molecule has 0 aliphatic heterocycles. The highest BCUT2D eigenvalue weighted by Crippen LogP contribution is 2.36. The Morgan fingerprint density at radius 1 is 0.900 bits per heavy atom. The van der Waals surface area contributed by atoms with Gasteiger partial charge in [-0.3, -0.25) is 0 Å². The van der Waals surface area contributed by atoms with Crippen LogP contribution in [0.2, 0.25) is 5.04 Å². The fourth-order valence-corrected chi connectivity index (χ4v) is 8.60. The molecule has 0 saturated heterocycles. The van der Waals surface area contributed by atoms with Crippen LogP contribution in [0.15, 0.2) is 72.8 Å². The summed E-state index contributed by atoms with van der Waals surface area (Å²) in [4.78, 5) is 0. The second-order valence-electron chi connectivity index (χ2n) is 8.98. The van der Waals surface area contributed by atoms with E-state index in [1.807, 2.05) is 0 Å². The average molecular weight is 419 g/mol. The van der Waals surface area contributed by atoms with E-state index in [1.54, 1.807) is 0 Å². The predicted octanol–water partition coefficient (Wildman–Crippen LogP) is 6.48. The zero-order chi connectivity index (χ0) is 21.9. The second-order valence-corrected chi connectivity index (χ2v) is 13.3. The zero-order valence-electron chi connectivity index (χ0n) is 19.3. The third-order valence-electron chi connectivity index (χ3n) is 5.56. The van der Waals surface area contributed by atoms with Gasteiger partial charge in [-0.2, -0.15) is 0 Å². The largest absolute Gasteiger partial charge is 0.406 e. The molecule has 2 rings (SSSR count). The lowest BCUT2D eigenvalue weighted by Gasteiger charge is -2.43. The molecule has 160 valence electrons. The van der Waals surface area contributed by atoms with Gasteiger partial charge >= 0.3 is 0 Å². The van der Waals surface area contributed by atoms with E-state index in [1.165, 1.54) is 36.1 Å². The van der Waals surface area contributed by atoms with E-state index in [9.17, 15) is 0 Å². The molecule has 0 radical (unpaired) electrons. The average Bonchev–Trinajstić information content (AvgIpc) is 2.74. The van der Waals surface area contributed by atoms with Crippen molar-refractivity contribution in [2.24, 2.45) is 0 Å². The summed E-state index contributed by atoms with van der Waals surface area (Å²) in [7, 11) is -2.45. The molecule has 0 N–H and O–H groups in total. The molecule has 0 amide bonds. The molecular weight excluding hydrogens is 380 g/mol. The third kappa shape index (κ3) is 6.46. The van der Waals surface area contributed by atoms with Gasteiger partial charge in [0.25, 0.3) is 8.32 Å². The Bertz CT molecular complexity index is 782. The molecular formula is C28H38OSi. The van der Waals surface area contributed by atoms with E-state index in [2.05, 4.69) is 107 Å². The summed E-state index contributed by atoms with van der Waals surface area (Å²) in [6.45, 7) is 13.9. The minimum atomic E-state index is -2.45. The topological polar surface area (TPSA) is 9.23 Å². The van der Waals surface area contributed by atoms with Crippen LogP contribution in [0.3, 0.4) is 0 Å². The highest BCUT2D eigenvalue weighted by Gasteiger charge is 2.49. The minimum Gasteiger partial charge on any atom is -0.406 e. The number of unbranched alkanes of at least 4 members (excludes halogenated alkanes) is 3. The van der Waals surface area contributed by atoms with Gasteiger partial charge in [0, 0.05) is 13.0 Å². The molecule has 30 heavy (non-hydrogen) atoms. The van der Waals surface area contributed by atoms with Crippen LogP contribution >= 0.6 is 0 Å². The minimum absolute atomic E-state index is 0.00596. The van der Waals surface area contributed by atoms with Gasteiger partial charge < -0.3 is 4.43 Å². The maximum absolute atomic E-state index is 6.87. The monoisotopic (exact) mass is 418 g/mol. The number of hydrogen-bond donors (Lipinski definition) is 0. The van der Waals surface area contributed by atoms with Crippen molar-refractivity contribution in [3.8, 4) is 11.8 Å². The van der Waals surface area contributed by atoms with Gasteiger partial charge in [0.2, 0.25) is 0 Å². The molecule has 2 heteroatoms. The molecule has 0 saturated carbocycles. The number of allylic oxidation sites excluding steroid dienone is 1. The predicted molar refractivity (Wildman–Crippen MR) is 134 cm³/mol. The van der Waals surface area contributed by atoms with Gasteiger partial charge in [-0.05, 0) is 33.8 Å². The number of benzene rings is 2. The Morgan fingerprint density at radius 3 is 1.97 bits per heavy atom. The molecule has 0 fully saturated rings. The van der Waals surface area contributed by atoms with Gasteiger partial charge in [0.15, 0.2) is 0 Å². The van der Waals surface area contributed by atoms with Crippen LogP contribution in [0.1, 0.15) is 66.2 Å². The smallest absolute Gasteiger partial charge is 0.261 e. The van der Waals surface area contributed by atoms with Crippen molar-refractivity contribution in [1.82, 2.24) is 0 Å². The van der Waals surface area contributed by atoms with Crippen molar-refractivity contribution in [2.45, 2.75) is 71.3 Å². The lowest BCUT2D eigenvalue weighted by atomic mass is 10.1. The quantitative estimate of drug-likeness (QED) is 0.244. The van der Waals surface area contributed by atoms with Crippen molar-refractivity contribution in [2.75, 3.05) is 6.61 Å². The fourth-order valence-electron chi connectivity index (χ4n) is 4.03. The van der Waals surface area contributed by atoms with Gasteiger partial charge in [-0.1, -0.05) is 126 Å². The van der Waals surface area contributed by atoms with Crippen LogP contribution in [0.5, 0.6) is 0 Å². The van der Waals surface area contributed by atoms with Crippen LogP contribution < -0.4 is 10.4 Å². The molecule has 0 unspecified atom stereocenters. The van der Waals surface area contributed by atoms with Crippen LogP contribution in [0, 0.1) is 11.8 Å². The maximum Gasteiger partial charge on any atom is 0.261 e. The van der Waals surface area contributed by atoms with E-state index in [0.717, 1.165) is 18.4 Å². The Kier molecular flexibility index (Phi) is 9.63. The van der Waals surface area contributed by atoms with Gasteiger partial charge in [-0.25, -0.2) is 0 Å². The summed E-state index contributed by atoms with van der Waals surface area (Å²) in [6.07, 6.45) is 6.78. The van der Waals surface area contributed by atoms with Crippen molar-refractivity contribution in [3.63, 3.8) is 0 Å². The molecule has 0 spiro atoms. The highest BCUT2D eigenvalue weighted by molar-refractivity contribution is 6.99. The molecule has 1 nitrogen and oxygen atoms in total. The molecule has 0 heterocycles. The maximum atomic E-state index is 6.87. The van der Waals surface area contributed by atoms with Gasteiger partial charge in [0.05, 0.1) is 0 Å². The molecule has 2 aromatic rings. The number of hydrogen-bond acceptors (Lipinski definition) is 1. The standard InChI is InChI=1S/C28H38OSi/c1-6-7-8-11-18-25(2)19-16-17-24-29-30(28(3,4)5,26-20-12-9-13-21-26)27-22-14-10-15-23-27/h9-10,12-15,20-23H,2,6-8,11,17-18,24H2,1,3-5H3. The summed E-state index contributed by atoms with van der Waals surface area (Å²) >= 11 is 0. The lowest BCUT2D eigenvalue weighted by molar-refractivity contribution is 0.306. The molecule has 0 bridgehead atoms. The second kappa shape index (κ2) is 11.9. The summed E-state index contributed by atoms with van der Waals surface area (Å²) in [5, 5.41) is 2.64. The van der Waals surface area contributed by atoms with Crippen LogP contribution in [0.25, 0.3) is 0 Å². The first kappa shape index (κ1) is 24.2. The Hall–Kier alpha value is -2.08. The first-order valence-electron chi connectivity index (χ1n) is 11.3. The van der Waals surface area contributed by atoms with Crippen LogP contribution in [0.4, 0.5) is 0 Å². The summed E-state index contributed by atoms with van der Waals surface area (Å²) in [5.41, 5.74) is 1.05. The molecule has 0 aliphatic rings. The third-order valence-corrected chi connectivity index (χ3v) is 10.6. The summed E-state index contributed by atoms with van der Waals surface area (Å²) in [5.74, 6) is 6.56. The van der Waals surface area contributed by atoms with Crippen molar-refractivity contribution >= 4 is 18.7 Å². The zero-order valence-corrected chi connectivity index (χ0v) is 20.3. The van der Waals surface area contributed by atoms with E-state index in [-0.39, 0.29) is 5.04 Å². The SMILES string of the molecule is C=C(C#CCCO[Si](c1ccccc1)(c1ccccc1)C(C)(C)C)CCCCCC. The van der Waals surface area contributed by atoms with Crippen molar-refractivity contribution in [1.29, 1.82) is 0 Å². The molecule has 2 aromatic carbocycles. The van der Waals surface area contributed by atoms with Crippen LogP contribution in [-0.4, -0.2) is 14.9 Å². The highest BCUT2D eigenvalue weighted by atomic mass is 28.4. The number of rotatable bonds is 10. The normalized spacial score (nSPS) is 11.6. The van der Waals surface area contributed by atoms with Gasteiger partial charge in [0.1, 0.15) is 0 Å². The summed E-state index contributed by atoms with van der Waals surface area (Å²) in [6, 6.07) is 21.6. The van der Waals surface area contributed by atoms with Crippen molar-refractivity contribution < 1.29 is 4.43 Å². The Balaban J connectivity index is 2.14. The molecule has 0 aromatic heterocycles. The van der Waals surface area contributed by atoms with Crippen LogP contribution in [-0.2, 0) is 4.43 Å². The summed E-state index contributed by atoms with van der Waals surface area (Å²) < 4.78 is 6.87. The lowest BCUT2D eigenvalue weighted by Crippen LogP contribution is -2.66. The first-order chi connectivity index (χ1) is 14.4. The van der Waals surface area contributed by atoms with E-state index in [4.69, 9.17) is 4.43 Å². The Morgan fingerprint density at radius 2 is 1.47 bits per heavy atom. The molecule has 0 atom stereocenters. The van der Waals surface area contributed by atoms with Gasteiger partial charge in [-0.15, -0.1) is 0 Å². The molecule has 0 aliphatic carbocycles.